The van der Waals surface area contributed by atoms with Crippen LogP contribution < -0.4 is 5.32 Å². The average molecular weight is 258 g/mol. The van der Waals surface area contributed by atoms with Gasteiger partial charge in [-0.25, -0.2) is 0 Å². The van der Waals surface area contributed by atoms with Gasteiger partial charge in [0.1, 0.15) is 0 Å². The minimum absolute atomic E-state index is 0.0886. The van der Waals surface area contributed by atoms with Gasteiger partial charge in [-0.15, -0.1) is 0 Å². The van der Waals surface area contributed by atoms with Crippen molar-refractivity contribution in [1.29, 1.82) is 0 Å². The molecule has 1 fully saturated rings. The molecule has 108 valence electrons. The van der Waals surface area contributed by atoms with E-state index in [0.29, 0.717) is 0 Å². The first-order valence-corrected chi connectivity index (χ1v) is 7.05. The lowest BCUT2D eigenvalue weighted by atomic mass is 9.98. The summed E-state index contributed by atoms with van der Waals surface area (Å²) in [5, 5.41) is 12.6. The van der Waals surface area contributed by atoms with Crippen molar-refractivity contribution in [2.75, 3.05) is 32.8 Å². The number of aliphatic hydroxyl groups is 1. The summed E-state index contributed by atoms with van der Waals surface area (Å²) in [6, 6.07) is 0.212. The monoisotopic (exact) mass is 258 g/mol. The Morgan fingerprint density at radius 2 is 1.78 bits per heavy atom. The maximum absolute atomic E-state index is 9.29. The highest BCUT2D eigenvalue weighted by Crippen LogP contribution is 2.28. The molecule has 0 aromatic heterocycles. The van der Waals surface area contributed by atoms with Crippen LogP contribution >= 0.6 is 0 Å². The van der Waals surface area contributed by atoms with Crippen LogP contribution in [-0.4, -0.2) is 60.0 Å². The molecule has 0 amide bonds. The Morgan fingerprint density at radius 1 is 1.22 bits per heavy atom. The molecule has 2 N–H and O–H groups in total. The third kappa shape index (κ3) is 5.22. The second-order valence-corrected chi connectivity index (χ2v) is 6.56. The largest absolute Gasteiger partial charge is 0.395 e. The lowest BCUT2D eigenvalue weighted by Gasteiger charge is -2.47. The zero-order valence-electron chi connectivity index (χ0n) is 12.6. The van der Waals surface area contributed by atoms with Crippen LogP contribution in [0.4, 0.5) is 0 Å². The number of ether oxygens (including phenoxy) is 1. The molecule has 18 heavy (non-hydrogen) atoms. The molecule has 4 nitrogen and oxygen atoms in total. The summed E-state index contributed by atoms with van der Waals surface area (Å²) in [4.78, 5) is 2.45. The van der Waals surface area contributed by atoms with Gasteiger partial charge >= 0.3 is 0 Å². The Hall–Kier alpha value is -0.160. The van der Waals surface area contributed by atoms with E-state index >= 15 is 0 Å². The fourth-order valence-electron chi connectivity index (χ4n) is 2.99. The van der Waals surface area contributed by atoms with Crippen LogP contribution in [0.1, 0.15) is 41.0 Å². The summed E-state index contributed by atoms with van der Waals surface area (Å²) in [5.41, 5.74) is -0.177. The predicted molar refractivity (Wildman–Crippen MR) is 74.9 cm³/mol. The Labute approximate surface area is 112 Å². The van der Waals surface area contributed by atoms with E-state index in [-0.39, 0.29) is 23.9 Å². The minimum Gasteiger partial charge on any atom is -0.395 e. The van der Waals surface area contributed by atoms with Gasteiger partial charge in [-0.1, -0.05) is 6.92 Å². The van der Waals surface area contributed by atoms with E-state index in [9.17, 15) is 5.11 Å². The average Bonchev–Trinajstić information content (AvgIpc) is 2.19. The number of aliphatic hydroxyl groups excluding tert-OH is 1. The van der Waals surface area contributed by atoms with E-state index < -0.39 is 0 Å². The van der Waals surface area contributed by atoms with E-state index in [4.69, 9.17) is 4.74 Å². The lowest BCUT2D eigenvalue weighted by molar-refractivity contribution is -0.180. The van der Waals surface area contributed by atoms with Gasteiger partial charge in [0.25, 0.3) is 0 Å². The van der Waals surface area contributed by atoms with Crippen LogP contribution in [0, 0.1) is 0 Å². The van der Waals surface area contributed by atoms with E-state index in [1.54, 1.807) is 0 Å². The molecular formula is C14H30N2O2. The molecule has 0 radical (unpaired) electrons. The number of nitrogens with one attached hydrogen (secondary N) is 1. The Kier molecular flexibility index (Phi) is 5.59. The second kappa shape index (κ2) is 6.33. The van der Waals surface area contributed by atoms with Gasteiger partial charge in [-0.05, 0) is 47.2 Å². The predicted octanol–water partition coefficient (Wildman–Crippen LogP) is 1.24. The third-order valence-electron chi connectivity index (χ3n) is 3.27. The van der Waals surface area contributed by atoms with E-state index in [2.05, 4.69) is 44.8 Å². The summed E-state index contributed by atoms with van der Waals surface area (Å²) < 4.78 is 6.07. The number of rotatable bonds is 6. The molecular weight excluding hydrogens is 228 g/mol. The summed E-state index contributed by atoms with van der Waals surface area (Å²) in [5.74, 6) is 0. The van der Waals surface area contributed by atoms with Crippen molar-refractivity contribution < 1.29 is 9.84 Å². The molecule has 0 spiro atoms. The third-order valence-corrected chi connectivity index (χ3v) is 3.27. The highest BCUT2D eigenvalue weighted by Gasteiger charge is 2.37. The van der Waals surface area contributed by atoms with Crippen LogP contribution in [0.5, 0.6) is 0 Å². The van der Waals surface area contributed by atoms with E-state index in [0.717, 1.165) is 32.6 Å². The van der Waals surface area contributed by atoms with Crippen molar-refractivity contribution in [1.82, 2.24) is 10.2 Å². The first-order chi connectivity index (χ1) is 8.28. The fourth-order valence-corrected chi connectivity index (χ4v) is 2.99. The van der Waals surface area contributed by atoms with Crippen molar-refractivity contribution in [2.45, 2.75) is 58.3 Å². The van der Waals surface area contributed by atoms with Gasteiger partial charge in [0, 0.05) is 19.1 Å². The van der Waals surface area contributed by atoms with Gasteiger partial charge < -0.3 is 15.2 Å². The zero-order valence-corrected chi connectivity index (χ0v) is 12.6. The first kappa shape index (κ1) is 15.9. The van der Waals surface area contributed by atoms with Crippen LogP contribution in [0.15, 0.2) is 0 Å². The molecule has 1 atom stereocenters. The molecule has 1 heterocycles. The molecule has 1 rings (SSSR count). The molecule has 0 saturated carbocycles. The van der Waals surface area contributed by atoms with Crippen LogP contribution in [0.25, 0.3) is 0 Å². The maximum Gasteiger partial charge on any atom is 0.0760 e. The summed E-state index contributed by atoms with van der Waals surface area (Å²) >= 11 is 0. The fraction of sp³-hybridized carbons (Fsp3) is 1.00. The molecule has 1 aliphatic heterocycles. The van der Waals surface area contributed by atoms with Crippen LogP contribution in [0.2, 0.25) is 0 Å². The highest BCUT2D eigenvalue weighted by molar-refractivity contribution is 4.89. The van der Waals surface area contributed by atoms with Gasteiger partial charge in [-0.2, -0.15) is 0 Å². The minimum atomic E-state index is -0.0886. The van der Waals surface area contributed by atoms with Crippen molar-refractivity contribution >= 4 is 0 Å². The van der Waals surface area contributed by atoms with Gasteiger partial charge in [0.05, 0.1) is 17.8 Å². The number of hydrogen-bond donors (Lipinski definition) is 2. The van der Waals surface area contributed by atoms with Crippen molar-refractivity contribution in [3.63, 3.8) is 0 Å². The normalized spacial score (nSPS) is 25.0. The van der Waals surface area contributed by atoms with Gasteiger partial charge in [0.15, 0.2) is 0 Å². The number of morpholine rings is 1. The second-order valence-electron chi connectivity index (χ2n) is 6.56. The topological polar surface area (TPSA) is 44.7 Å². The summed E-state index contributed by atoms with van der Waals surface area (Å²) in [6.07, 6.45) is 0.983. The number of likely N-dealkylation sites (N-methyl/N-ethyl adjacent to an activating group) is 1. The Balaban J connectivity index is 2.46. The molecule has 1 unspecified atom stereocenters. The molecule has 0 bridgehead atoms. The SMILES string of the molecule is CCNC(CO)CCN1CC(C)(C)OC(C)(C)C1. The first-order valence-electron chi connectivity index (χ1n) is 7.05. The smallest absolute Gasteiger partial charge is 0.0760 e. The Morgan fingerprint density at radius 3 is 2.22 bits per heavy atom. The lowest BCUT2D eigenvalue weighted by Crippen LogP contribution is -2.57. The zero-order chi connectivity index (χ0) is 13.8. The summed E-state index contributed by atoms with van der Waals surface area (Å²) in [7, 11) is 0. The molecule has 1 saturated heterocycles. The molecule has 4 heteroatoms. The molecule has 0 aliphatic carbocycles. The Bertz CT molecular complexity index is 238. The van der Waals surface area contributed by atoms with Crippen molar-refractivity contribution in [2.24, 2.45) is 0 Å². The quantitative estimate of drug-likeness (QED) is 0.752. The maximum atomic E-state index is 9.29. The molecule has 0 aromatic carbocycles. The van der Waals surface area contributed by atoms with Crippen LogP contribution in [0.3, 0.4) is 0 Å². The van der Waals surface area contributed by atoms with Crippen molar-refractivity contribution in [3.05, 3.63) is 0 Å². The van der Waals surface area contributed by atoms with Crippen molar-refractivity contribution in [3.8, 4) is 0 Å². The van der Waals surface area contributed by atoms with E-state index in [1.807, 2.05) is 0 Å². The highest BCUT2D eigenvalue weighted by atomic mass is 16.5. The number of nitrogens with zero attached hydrogens (tertiary/aromatic N) is 1. The van der Waals surface area contributed by atoms with E-state index in [1.165, 1.54) is 0 Å². The molecule has 0 aromatic rings. The number of hydrogen-bond acceptors (Lipinski definition) is 4. The van der Waals surface area contributed by atoms with Crippen LogP contribution in [-0.2, 0) is 4.74 Å². The summed E-state index contributed by atoms with van der Waals surface area (Å²) in [6.45, 7) is 14.7. The van der Waals surface area contributed by atoms with Gasteiger partial charge in [0.2, 0.25) is 0 Å². The standard InChI is InChI=1S/C14H30N2O2/c1-6-15-12(9-17)7-8-16-10-13(2,3)18-14(4,5)11-16/h12,15,17H,6-11H2,1-5H3. The molecule has 1 aliphatic rings. The van der Waals surface area contributed by atoms with Gasteiger partial charge in [-0.3, -0.25) is 4.90 Å².